The molecule has 48 heavy (non-hydrogen) atoms. The summed E-state index contributed by atoms with van der Waals surface area (Å²) >= 11 is 0. The fourth-order valence-corrected chi connectivity index (χ4v) is 5.93. The first-order chi connectivity index (χ1) is 22.5. The molecule has 5 rings (SSSR count). The molecule has 2 aliphatic rings. The summed E-state index contributed by atoms with van der Waals surface area (Å²) in [5, 5.41) is 6.07. The SMILES string of the molecule is CCN(C(=O)c1cnc(N2CC(NC(=O)OC(C)(C)C)C(c3cc(F)c(F)cc3F)C2)nc1)C1CCN(c2nc(C(C)(F)F)no2)CC1. The van der Waals surface area contributed by atoms with E-state index in [1.54, 1.807) is 35.5 Å². The molecule has 2 aromatic heterocycles. The van der Waals surface area contributed by atoms with Crippen molar-refractivity contribution in [3.05, 3.63) is 58.9 Å². The van der Waals surface area contributed by atoms with Gasteiger partial charge >= 0.3 is 18.0 Å². The first kappa shape index (κ1) is 34.8. The number of nitrogens with one attached hydrogen (secondary N) is 1. The second kappa shape index (κ2) is 13.5. The third kappa shape index (κ3) is 7.76. The van der Waals surface area contributed by atoms with Crippen LogP contribution in [0.4, 0.5) is 38.7 Å². The number of aromatic nitrogens is 4. The summed E-state index contributed by atoms with van der Waals surface area (Å²) in [7, 11) is 0. The Kier molecular flexibility index (Phi) is 9.78. The molecular weight excluding hydrogens is 643 g/mol. The number of ether oxygens (including phenoxy) is 1. The number of amides is 2. The summed E-state index contributed by atoms with van der Waals surface area (Å²) in [4.78, 5) is 43.7. The van der Waals surface area contributed by atoms with E-state index in [-0.39, 0.29) is 48.1 Å². The zero-order valence-electron chi connectivity index (χ0n) is 27.1. The van der Waals surface area contributed by atoms with Gasteiger partial charge in [0.1, 0.15) is 11.4 Å². The average molecular weight is 681 g/mol. The maximum atomic E-state index is 14.9. The molecule has 2 unspecified atom stereocenters. The van der Waals surface area contributed by atoms with Gasteiger partial charge < -0.3 is 29.3 Å². The molecule has 0 bridgehead atoms. The molecule has 0 aliphatic carbocycles. The minimum atomic E-state index is -3.22. The van der Waals surface area contributed by atoms with Crippen LogP contribution in [0.15, 0.2) is 29.0 Å². The van der Waals surface area contributed by atoms with E-state index < -0.39 is 52.9 Å². The molecule has 3 aromatic rings. The van der Waals surface area contributed by atoms with Crippen molar-refractivity contribution >= 4 is 24.0 Å². The standard InChI is InChI=1S/C31H37F5N8O4/c1-6-44(18-7-9-42(10-8-18)28-40-26(41-48-28)31(5,35)36)25(45)17-13-37-27(38-14-17)43-15-20(19-11-22(33)23(34)12-21(19)32)24(16-43)39-29(46)47-30(2,3)4/h11-14,18,20,24H,6-10,15-16H2,1-5H3,(H,39,46). The predicted octanol–water partition coefficient (Wildman–Crippen LogP) is 5.02. The molecule has 2 saturated heterocycles. The highest BCUT2D eigenvalue weighted by Crippen LogP contribution is 2.33. The normalized spacial score (nSPS) is 19.0. The summed E-state index contributed by atoms with van der Waals surface area (Å²) in [6.07, 6.45) is 3.03. The van der Waals surface area contributed by atoms with Crippen molar-refractivity contribution in [3.63, 3.8) is 0 Å². The van der Waals surface area contributed by atoms with E-state index in [1.165, 1.54) is 12.4 Å². The summed E-state index contributed by atoms with van der Waals surface area (Å²) in [6.45, 7) is 8.93. The largest absolute Gasteiger partial charge is 0.444 e. The second-order valence-electron chi connectivity index (χ2n) is 12.9. The third-order valence-corrected chi connectivity index (χ3v) is 8.21. The van der Waals surface area contributed by atoms with Crippen molar-refractivity contribution in [2.24, 2.45) is 0 Å². The van der Waals surface area contributed by atoms with Crippen LogP contribution < -0.4 is 15.1 Å². The van der Waals surface area contributed by atoms with E-state index in [4.69, 9.17) is 9.26 Å². The topological polar surface area (TPSA) is 130 Å². The number of halogens is 5. The van der Waals surface area contributed by atoms with Crippen molar-refractivity contribution in [3.8, 4) is 0 Å². The Morgan fingerprint density at radius 2 is 1.65 bits per heavy atom. The van der Waals surface area contributed by atoms with Gasteiger partial charge in [0.2, 0.25) is 11.8 Å². The van der Waals surface area contributed by atoms with Gasteiger partial charge in [-0.1, -0.05) is 5.16 Å². The number of carbonyl (C=O) groups is 2. The fraction of sp³-hybridized carbons (Fsp3) is 0.548. The van der Waals surface area contributed by atoms with E-state index in [9.17, 15) is 31.5 Å². The summed E-state index contributed by atoms with van der Waals surface area (Å²) < 4.78 is 80.2. The van der Waals surface area contributed by atoms with E-state index >= 15 is 0 Å². The van der Waals surface area contributed by atoms with Crippen molar-refractivity contribution < 1.29 is 40.8 Å². The van der Waals surface area contributed by atoms with Crippen LogP contribution in [0.2, 0.25) is 0 Å². The second-order valence-corrected chi connectivity index (χ2v) is 12.9. The molecular formula is C31H37F5N8O4. The first-order valence-electron chi connectivity index (χ1n) is 15.5. The highest BCUT2D eigenvalue weighted by Gasteiger charge is 2.39. The van der Waals surface area contributed by atoms with Crippen molar-refractivity contribution in [1.82, 2.24) is 30.3 Å². The zero-order valence-corrected chi connectivity index (χ0v) is 27.1. The Balaban J connectivity index is 1.27. The fourth-order valence-electron chi connectivity index (χ4n) is 5.93. The summed E-state index contributed by atoms with van der Waals surface area (Å²) in [5.74, 6) is -8.37. The van der Waals surface area contributed by atoms with Crippen LogP contribution in [0.25, 0.3) is 0 Å². The zero-order chi connectivity index (χ0) is 35.0. The van der Waals surface area contributed by atoms with Gasteiger partial charge in [0.25, 0.3) is 5.91 Å². The van der Waals surface area contributed by atoms with Gasteiger partial charge in [0, 0.05) is 70.1 Å². The quantitative estimate of drug-likeness (QED) is 0.256. The van der Waals surface area contributed by atoms with Crippen LogP contribution in [-0.2, 0) is 10.7 Å². The number of hydrogen-bond acceptors (Lipinski definition) is 10. The maximum Gasteiger partial charge on any atom is 0.407 e. The number of rotatable bonds is 8. The van der Waals surface area contributed by atoms with Crippen LogP contribution in [0.3, 0.4) is 0 Å². The number of carbonyl (C=O) groups excluding carboxylic acids is 2. The minimum absolute atomic E-state index is 0.00308. The van der Waals surface area contributed by atoms with Gasteiger partial charge in [-0.05, 0) is 52.2 Å². The first-order valence-corrected chi connectivity index (χ1v) is 15.5. The molecule has 0 saturated carbocycles. The number of benzene rings is 1. The smallest absolute Gasteiger partial charge is 0.407 e. The molecule has 12 nitrogen and oxygen atoms in total. The highest BCUT2D eigenvalue weighted by atomic mass is 19.3. The monoisotopic (exact) mass is 680 g/mol. The summed E-state index contributed by atoms with van der Waals surface area (Å²) in [5.41, 5.74) is -0.718. The maximum absolute atomic E-state index is 14.9. The van der Waals surface area contributed by atoms with E-state index in [0.717, 1.165) is 6.07 Å². The highest BCUT2D eigenvalue weighted by molar-refractivity contribution is 5.94. The molecule has 1 aromatic carbocycles. The van der Waals surface area contributed by atoms with Gasteiger partial charge in [0.15, 0.2) is 11.6 Å². The Labute approximate surface area is 273 Å². The van der Waals surface area contributed by atoms with Crippen LogP contribution in [0.1, 0.15) is 75.1 Å². The minimum Gasteiger partial charge on any atom is -0.444 e. The lowest BCUT2D eigenvalue weighted by Gasteiger charge is -2.37. The lowest BCUT2D eigenvalue weighted by Crippen LogP contribution is -2.47. The molecule has 1 N–H and O–H groups in total. The van der Waals surface area contributed by atoms with E-state index in [2.05, 4.69) is 25.4 Å². The molecule has 260 valence electrons. The molecule has 0 spiro atoms. The summed E-state index contributed by atoms with van der Waals surface area (Å²) in [6, 6.07) is 0.314. The Bertz CT molecular complexity index is 1620. The third-order valence-electron chi connectivity index (χ3n) is 8.21. The lowest BCUT2D eigenvalue weighted by atomic mass is 9.93. The van der Waals surface area contributed by atoms with Crippen molar-refractivity contribution in [2.75, 3.05) is 42.5 Å². The molecule has 0 radical (unpaired) electrons. The van der Waals surface area contributed by atoms with Gasteiger partial charge in [0.05, 0.1) is 11.6 Å². The van der Waals surface area contributed by atoms with Gasteiger partial charge in [-0.2, -0.15) is 13.8 Å². The molecule has 2 aliphatic heterocycles. The number of nitrogens with zero attached hydrogens (tertiary/aromatic N) is 7. The van der Waals surface area contributed by atoms with Crippen LogP contribution in [0, 0.1) is 17.5 Å². The average Bonchev–Trinajstić information content (AvgIpc) is 3.67. The van der Waals surface area contributed by atoms with Crippen LogP contribution in [0.5, 0.6) is 0 Å². The predicted molar refractivity (Wildman–Crippen MR) is 162 cm³/mol. The lowest BCUT2D eigenvalue weighted by molar-refractivity contribution is 0.00557. The molecule has 2 fully saturated rings. The van der Waals surface area contributed by atoms with Crippen molar-refractivity contribution in [1.29, 1.82) is 0 Å². The number of hydrogen-bond donors (Lipinski definition) is 1. The van der Waals surface area contributed by atoms with Gasteiger partial charge in [-0.15, -0.1) is 0 Å². The van der Waals surface area contributed by atoms with E-state index in [0.29, 0.717) is 45.5 Å². The molecule has 17 heteroatoms. The van der Waals surface area contributed by atoms with E-state index in [1.807, 2.05) is 6.92 Å². The van der Waals surface area contributed by atoms with Crippen LogP contribution in [-0.4, -0.2) is 87.4 Å². The molecule has 2 amide bonds. The molecule has 4 heterocycles. The van der Waals surface area contributed by atoms with Crippen molar-refractivity contribution in [2.45, 2.75) is 77.0 Å². The van der Waals surface area contributed by atoms with Crippen LogP contribution >= 0.6 is 0 Å². The number of alkyl carbamates (subject to hydrolysis) is 1. The Morgan fingerprint density at radius 1 is 1.00 bits per heavy atom. The molecule has 2 atom stereocenters. The number of anilines is 2. The number of piperidine rings is 1. The van der Waals surface area contributed by atoms with Gasteiger partial charge in [-0.3, -0.25) is 4.79 Å². The Morgan fingerprint density at radius 3 is 2.23 bits per heavy atom. The Hall–Kier alpha value is -4.57. The number of alkyl halides is 2. The van der Waals surface area contributed by atoms with Gasteiger partial charge in [-0.25, -0.2) is 27.9 Å².